The molecular formula is C15H25NOS. The van der Waals surface area contributed by atoms with E-state index in [9.17, 15) is 0 Å². The van der Waals surface area contributed by atoms with Crippen LogP contribution in [0.5, 0.6) is 0 Å². The Morgan fingerprint density at radius 2 is 1.94 bits per heavy atom. The van der Waals surface area contributed by atoms with Gasteiger partial charge in [-0.15, -0.1) is 0 Å². The molecule has 0 radical (unpaired) electrons. The van der Waals surface area contributed by atoms with Crippen molar-refractivity contribution in [3.05, 3.63) is 35.9 Å². The first kappa shape index (κ1) is 15.5. The Morgan fingerprint density at radius 3 is 2.50 bits per heavy atom. The smallest absolute Gasteiger partial charge is 0.0593 e. The van der Waals surface area contributed by atoms with E-state index < -0.39 is 0 Å². The number of nitrogens with zero attached hydrogens (tertiary/aromatic N) is 1. The van der Waals surface area contributed by atoms with E-state index in [0.29, 0.717) is 5.92 Å². The first-order valence-electron chi connectivity index (χ1n) is 6.77. The molecule has 2 nitrogen and oxygen atoms in total. The molecule has 1 rings (SSSR count). The van der Waals surface area contributed by atoms with Crippen molar-refractivity contribution in [1.82, 2.24) is 4.90 Å². The monoisotopic (exact) mass is 267 g/mol. The Kier molecular flexibility index (Phi) is 8.14. The summed E-state index contributed by atoms with van der Waals surface area (Å²) < 4.78 is 5.43. The molecule has 1 aromatic carbocycles. The molecule has 102 valence electrons. The minimum atomic E-state index is 0.496. The second-order valence-corrected chi connectivity index (χ2v) is 4.75. The third-order valence-electron chi connectivity index (χ3n) is 3.17. The quantitative estimate of drug-likeness (QED) is 0.545. The lowest BCUT2D eigenvalue weighted by Crippen LogP contribution is -2.32. The summed E-state index contributed by atoms with van der Waals surface area (Å²) in [7, 11) is 0. The Bertz CT molecular complexity index is 305. The van der Waals surface area contributed by atoms with Crippen molar-refractivity contribution in [1.29, 1.82) is 0 Å². The van der Waals surface area contributed by atoms with Gasteiger partial charge < -0.3 is 9.64 Å². The van der Waals surface area contributed by atoms with Crippen LogP contribution in [-0.4, -0.2) is 43.5 Å². The Hall–Kier alpha value is -0.510. The van der Waals surface area contributed by atoms with E-state index >= 15 is 0 Å². The fourth-order valence-corrected chi connectivity index (χ4v) is 2.35. The van der Waals surface area contributed by atoms with Crippen LogP contribution >= 0.6 is 12.6 Å². The van der Waals surface area contributed by atoms with Gasteiger partial charge in [-0.1, -0.05) is 37.3 Å². The fourth-order valence-electron chi connectivity index (χ4n) is 2.02. The molecule has 0 saturated heterocycles. The van der Waals surface area contributed by atoms with Crippen LogP contribution < -0.4 is 0 Å². The molecule has 0 aliphatic rings. The van der Waals surface area contributed by atoms with Crippen molar-refractivity contribution in [3.63, 3.8) is 0 Å². The van der Waals surface area contributed by atoms with Crippen molar-refractivity contribution in [2.45, 2.75) is 19.8 Å². The molecule has 1 atom stereocenters. The molecule has 0 aliphatic carbocycles. The average Bonchev–Trinajstić information content (AvgIpc) is 2.43. The Morgan fingerprint density at radius 1 is 1.22 bits per heavy atom. The molecule has 0 saturated carbocycles. The lowest BCUT2D eigenvalue weighted by Gasteiger charge is -2.25. The number of hydrogen-bond acceptors (Lipinski definition) is 3. The normalized spacial score (nSPS) is 12.9. The minimum absolute atomic E-state index is 0.496. The number of thiol groups is 1. The van der Waals surface area contributed by atoms with E-state index in [2.05, 4.69) is 54.8 Å². The summed E-state index contributed by atoms with van der Waals surface area (Å²) in [6.07, 6.45) is 0. The van der Waals surface area contributed by atoms with Gasteiger partial charge in [-0.05, 0) is 24.8 Å². The number of likely N-dealkylation sites (N-methyl/N-ethyl adjacent to an activating group) is 1. The van der Waals surface area contributed by atoms with E-state index in [4.69, 9.17) is 4.74 Å². The summed E-state index contributed by atoms with van der Waals surface area (Å²) in [6.45, 7) is 8.97. The second-order valence-electron chi connectivity index (χ2n) is 4.38. The van der Waals surface area contributed by atoms with Crippen molar-refractivity contribution < 1.29 is 4.74 Å². The van der Waals surface area contributed by atoms with Crippen LogP contribution in [0, 0.1) is 0 Å². The van der Waals surface area contributed by atoms with Gasteiger partial charge >= 0.3 is 0 Å². The van der Waals surface area contributed by atoms with Crippen LogP contribution in [0.1, 0.15) is 25.3 Å². The molecule has 0 spiro atoms. The highest BCUT2D eigenvalue weighted by molar-refractivity contribution is 7.80. The molecule has 3 heteroatoms. The summed E-state index contributed by atoms with van der Waals surface area (Å²) in [6, 6.07) is 10.6. The first-order chi connectivity index (χ1) is 8.81. The maximum atomic E-state index is 5.43. The third kappa shape index (κ3) is 5.42. The summed E-state index contributed by atoms with van der Waals surface area (Å²) in [5.41, 5.74) is 1.38. The Balaban J connectivity index is 2.50. The summed E-state index contributed by atoms with van der Waals surface area (Å²) in [4.78, 5) is 2.43. The van der Waals surface area contributed by atoms with E-state index in [1.54, 1.807) is 0 Å². The van der Waals surface area contributed by atoms with Gasteiger partial charge in [0.15, 0.2) is 0 Å². The van der Waals surface area contributed by atoms with Gasteiger partial charge in [0.05, 0.1) is 6.61 Å². The Labute approximate surface area is 117 Å². The van der Waals surface area contributed by atoms with E-state index in [1.807, 2.05) is 6.92 Å². The second kappa shape index (κ2) is 9.42. The van der Waals surface area contributed by atoms with Gasteiger partial charge in [0, 0.05) is 25.6 Å². The fraction of sp³-hybridized carbons (Fsp3) is 0.600. The SMILES string of the molecule is CCOCCN(CC)CC(CS)c1ccccc1. The molecular weight excluding hydrogens is 242 g/mol. The molecule has 0 aromatic heterocycles. The van der Waals surface area contributed by atoms with E-state index in [0.717, 1.165) is 38.6 Å². The lowest BCUT2D eigenvalue weighted by atomic mass is 10.0. The number of hydrogen-bond donors (Lipinski definition) is 1. The van der Waals surface area contributed by atoms with Gasteiger partial charge in [-0.25, -0.2) is 0 Å². The van der Waals surface area contributed by atoms with Crippen molar-refractivity contribution in [3.8, 4) is 0 Å². The largest absolute Gasteiger partial charge is 0.380 e. The molecule has 0 amide bonds. The van der Waals surface area contributed by atoms with Crippen LogP contribution in [-0.2, 0) is 4.74 Å². The van der Waals surface area contributed by atoms with Gasteiger partial charge in [0.1, 0.15) is 0 Å². The molecule has 1 aromatic rings. The minimum Gasteiger partial charge on any atom is -0.380 e. The third-order valence-corrected chi connectivity index (χ3v) is 3.61. The van der Waals surface area contributed by atoms with E-state index in [-0.39, 0.29) is 0 Å². The highest BCUT2D eigenvalue weighted by atomic mass is 32.1. The average molecular weight is 267 g/mol. The number of benzene rings is 1. The predicted octanol–water partition coefficient (Wildman–Crippen LogP) is 3.06. The summed E-state index contributed by atoms with van der Waals surface area (Å²) in [5, 5.41) is 0. The first-order valence-corrected chi connectivity index (χ1v) is 7.40. The van der Waals surface area contributed by atoms with Gasteiger partial charge in [-0.3, -0.25) is 0 Å². The standard InChI is InChI=1S/C15H25NOS/c1-3-16(10-11-17-4-2)12-15(13-18)14-8-6-5-7-9-14/h5-9,15,18H,3-4,10-13H2,1-2H3. The van der Waals surface area contributed by atoms with Crippen molar-refractivity contribution in [2.24, 2.45) is 0 Å². The zero-order valence-corrected chi connectivity index (χ0v) is 12.4. The van der Waals surface area contributed by atoms with Crippen LogP contribution in [0.15, 0.2) is 30.3 Å². The molecule has 0 aliphatic heterocycles. The topological polar surface area (TPSA) is 12.5 Å². The van der Waals surface area contributed by atoms with Crippen LogP contribution in [0.2, 0.25) is 0 Å². The number of rotatable bonds is 9. The van der Waals surface area contributed by atoms with Crippen molar-refractivity contribution in [2.75, 3.05) is 38.6 Å². The van der Waals surface area contributed by atoms with Crippen LogP contribution in [0.4, 0.5) is 0 Å². The predicted molar refractivity (Wildman–Crippen MR) is 81.6 cm³/mol. The summed E-state index contributed by atoms with van der Waals surface area (Å²) in [5.74, 6) is 1.38. The molecule has 0 N–H and O–H groups in total. The molecule has 0 fully saturated rings. The zero-order valence-electron chi connectivity index (χ0n) is 11.5. The van der Waals surface area contributed by atoms with E-state index in [1.165, 1.54) is 5.56 Å². The molecule has 0 bridgehead atoms. The van der Waals surface area contributed by atoms with Gasteiger partial charge in [0.25, 0.3) is 0 Å². The van der Waals surface area contributed by atoms with Gasteiger partial charge in [0.2, 0.25) is 0 Å². The maximum Gasteiger partial charge on any atom is 0.0593 e. The highest BCUT2D eigenvalue weighted by Crippen LogP contribution is 2.18. The number of ether oxygens (including phenoxy) is 1. The lowest BCUT2D eigenvalue weighted by molar-refractivity contribution is 0.113. The maximum absolute atomic E-state index is 5.43. The summed E-state index contributed by atoms with van der Waals surface area (Å²) >= 11 is 4.49. The highest BCUT2D eigenvalue weighted by Gasteiger charge is 2.13. The molecule has 18 heavy (non-hydrogen) atoms. The molecule has 1 unspecified atom stereocenters. The molecule has 0 heterocycles. The van der Waals surface area contributed by atoms with Gasteiger partial charge in [-0.2, -0.15) is 12.6 Å². The van der Waals surface area contributed by atoms with Crippen molar-refractivity contribution >= 4 is 12.6 Å². The van der Waals surface area contributed by atoms with Crippen LogP contribution in [0.3, 0.4) is 0 Å². The van der Waals surface area contributed by atoms with Crippen LogP contribution in [0.25, 0.3) is 0 Å². The zero-order chi connectivity index (χ0) is 13.2.